The van der Waals surface area contributed by atoms with Crippen LogP contribution < -0.4 is 0 Å². The molecule has 0 radical (unpaired) electrons. The lowest BCUT2D eigenvalue weighted by atomic mass is 10.1. The highest BCUT2D eigenvalue weighted by molar-refractivity contribution is 6.29. The Morgan fingerprint density at radius 1 is 1.20 bits per heavy atom. The fraction of sp³-hybridized carbons (Fsp3) is 0.231. The summed E-state index contributed by atoms with van der Waals surface area (Å²) in [4.78, 5) is 12.1. The van der Waals surface area contributed by atoms with Crippen molar-refractivity contribution in [3.63, 3.8) is 0 Å². The van der Waals surface area contributed by atoms with Crippen molar-refractivity contribution in [2.75, 3.05) is 0 Å². The summed E-state index contributed by atoms with van der Waals surface area (Å²) in [5.41, 5.74) is 2.52. The third-order valence-electron chi connectivity index (χ3n) is 3.62. The van der Waals surface area contributed by atoms with E-state index in [0.29, 0.717) is 11.6 Å². The van der Waals surface area contributed by atoms with E-state index >= 15 is 0 Å². The largest absolute Gasteiger partial charge is 0.245 e. The van der Waals surface area contributed by atoms with Crippen molar-refractivity contribution in [1.82, 2.24) is 24.6 Å². The van der Waals surface area contributed by atoms with Crippen LogP contribution >= 0.6 is 11.6 Å². The molecule has 1 saturated carbocycles. The molecule has 3 heterocycles. The molecule has 4 rings (SSSR count). The van der Waals surface area contributed by atoms with Gasteiger partial charge >= 0.3 is 0 Å². The van der Waals surface area contributed by atoms with Gasteiger partial charge < -0.3 is 0 Å². The number of aromatic nitrogens is 5. The van der Waals surface area contributed by atoms with Gasteiger partial charge in [-0.05, 0) is 29.9 Å². The van der Waals surface area contributed by atoms with E-state index in [1.54, 1.807) is 6.07 Å². The SMILES string of the molecule is Fc1cnc2c([C@H]3CC3c3cncnc3)cc(Cl)nn12. The van der Waals surface area contributed by atoms with Crippen molar-refractivity contribution in [2.45, 2.75) is 18.3 Å². The first-order valence-electron chi connectivity index (χ1n) is 6.18. The van der Waals surface area contributed by atoms with Gasteiger partial charge in [0.15, 0.2) is 10.8 Å². The minimum absolute atomic E-state index is 0.255. The van der Waals surface area contributed by atoms with Gasteiger partial charge in [-0.15, -0.1) is 0 Å². The highest BCUT2D eigenvalue weighted by atomic mass is 35.5. The summed E-state index contributed by atoms with van der Waals surface area (Å²) in [5.74, 6) is 0.0769. The smallest absolute Gasteiger partial charge is 0.234 e. The maximum Gasteiger partial charge on any atom is 0.234 e. The van der Waals surface area contributed by atoms with Crippen LogP contribution in [0.5, 0.6) is 0 Å². The van der Waals surface area contributed by atoms with Gasteiger partial charge in [-0.3, -0.25) is 0 Å². The summed E-state index contributed by atoms with van der Waals surface area (Å²) in [6.45, 7) is 0. The zero-order valence-electron chi connectivity index (χ0n) is 10.2. The Morgan fingerprint density at radius 3 is 2.80 bits per heavy atom. The van der Waals surface area contributed by atoms with E-state index in [-0.39, 0.29) is 11.1 Å². The number of imidazole rings is 1. The summed E-state index contributed by atoms with van der Waals surface area (Å²) >= 11 is 5.97. The van der Waals surface area contributed by atoms with Crippen LogP contribution in [0.2, 0.25) is 5.15 Å². The minimum atomic E-state index is -0.510. The van der Waals surface area contributed by atoms with Crippen LogP contribution in [-0.4, -0.2) is 24.6 Å². The van der Waals surface area contributed by atoms with Gasteiger partial charge in [-0.2, -0.15) is 14.0 Å². The first-order valence-corrected chi connectivity index (χ1v) is 6.56. The number of hydrogen-bond donors (Lipinski definition) is 0. The summed E-state index contributed by atoms with van der Waals surface area (Å²) in [6, 6.07) is 1.76. The molecule has 3 aromatic heterocycles. The zero-order chi connectivity index (χ0) is 13.7. The molecule has 0 saturated heterocycles. The molecular weight excluding hydrogens is 281 g/mol. The Bertz CT molecular complexity index is 788. The number of hydrogen-bond acceptors (Lipinski definition) is 4. The fourth-order valence-corrected chi connectivity index (χ4v) is 2.81. The molecule has 3 aromatic rings. The molecule has 100 valence electrons. The van der Waals surface area contributed by atoms with Gasteiger partial charge in [-0.1, -0.05) is 11.6 Å². The summed E-state index contributed by atoms with van der Waals surface area (Å²) < 4.78 is 14.7. The second-order valence-corrected chi connectivity index (χ2v) is 5.25. The summed E-state index contributed by atoms with van der Waals surface area (Å²) in [6.07, 6.45) is 7.24. The standard InChI is InChI=1S/C13H9ClFN5/c14-11-2-10(13-18-5-12(15)20(13)19-11)9-1-8(9)7-3-16-6-17-4-7/h2-6,8-9H,1H2/t8?,9-/m0/s1. The van der Waals surface area contributed by atoms with Crippen LogP contribution in [0.1, 0.15) is 29.4 Å². The lowest BCUT2D eigenvalue weighted by molar-refractivity contribution is 0.548. The summed E-state index contributed by atoms with van der Waals surface area (Å²) in [7, 11) is 0. The van der Waals surface area contributed by atoms with E-state index in [2.05, 4.69) is 20.1 Å². The van der Waals surface area contributed by atoms with E-state index in [0.717, 1.165) is 28.3 Å². The minimum Gasteiger partial charge on any atom is -0.245 e. The Kier molecular flexibility index (Phi) is 2.47. The molecule has 0 aliphatic heterocycles. The summed E-state index contributed by atoms with van der Waals surface area (Å²) in [5, 5.41) is 4.19. The molecule has 0 spiro atoms. The highest BCUT2D eigenvalue weighted by Crippen LogP contribution is 2.55. The molecule has 0 bridgehead atoms. The van der Waals surface area contributed by atoms with Gasteiger partial charge in [0.2, 0.25) is 5.95 Å². The lowest BCUT2D eigenvalue weighted by Gasteiger charge is -2.04. The van der Waals surface area contributed by atoms with Crippen molar-refractivity contribution < 1.29 is 4.39 Å². The Balaban J connectivity index is 1.77. The maximum atomic E-state index is 13.6. The van der Waals surface area contributed by atoms with Crippen LogP contribution in [-0.2, 0) is 0 Å². The molecule has 0 aromatic carbocycles. The molecule has 1 aliphatic rings. The normalized spacial score (nSPS) is 21.3. The molecule has 1 unspecified atom stereocenters. The van der Waals surface area contributed by atoms with Gasteiger partial charge in [0.05, 0.1) is 6.20 Å². The predicted octanol–water partition coefficient (Wildman–Crippen LogP) is 2.58. The highest BCUT2D eigenvalue weighted by Gasteiger charge is 2.41. The number of halogens is 2. The first kappa shape index (κ1) is 11.7. The zero-order valence-corrected chi connectivity index (χ0v) is 11.0. The maximum absolute atomic E-state index is 13.6. The Labute approximate surface area is 118 Å². The van der Waals surface area contributed by atoms with E-state index < -0.39 is 5.95 Å². The average Bonchev–Trinajstić information content (AvgIpc) is 3.18. The van der Waals surface area contributed by atoms with E-state index in [1.807, 2.05) is 12.4 Å². The number of rotatable bonds is 2. The van der Waals surface area contributed by atoms with Crippen molar-refractivity contribution in [3.05, 3.63) is 53.2 Å². The third-order valence-corrected chi connectivity index (χ3v) is 3.81. The fourth-order valence-electron chi connectivity index (χ4n) is 2.62. The Morgan fingerprint density at radius 2 is 2.00 bits per heavy atom. The molecule has 5 nitrogen and oxygen atoms in total. The number of nitrogens with zero attached hydrogens (tertiary/aromatic N) is 5. The molecule has 1 aliphatic carbocycles. The van der Waals surface area contributed by atoms with Crippen LogP contribution in [0.25, 0.3) is 5.65 Å². The van der Waals surface area contributed by atoms with Crippen molar-refractivity contribution in [3.8, 4) is 0 Å². The topological polar surface area (TPSA) is 56.0 Å². The first-order chi connectivity index (χ1) is 9.74. The predicted molar refractivity (Wildman–Crippen MR) is 70.1 cm³/mol. The molecule has 20 heavy (non-hydrogen) atoms. The Hall–Kier alpha value is -2.08. The second-order valence-electron chi connectivity index (χ2n) is 4.86. The van der Waals surface area contributed by atoms with Crippen LogP contribution in [0.3, 0.4) is 0 Å². The van der Waals surface area contributed by atoms with E-state index in [9.17, 15) is 4.39 Å². The third kappa shape index (κ3) is 1.76. The molecule has 0 amide bonds. The van der Waals surface area contributed by atoms with Gasteiger partial charge in [0.25, 0.3) is 0 Å². The molecule has 7 heteroatoms. The van der Waals surface area contributed by atoms with Crippen molar-refractivity contribution in [1.29, 1.82) is 0 Å². The van der Waals surface area contributed by atoms with E-state index in [1.165, 1.54) is 6.33 Å². The van der Waals surface area contributed by atoms with Crippen LogP contribution in [0.15, 0.2) is 31.0 Å². The van der Waals surface area contributed by atoms with Gasteiger partial charge in [0, 0.05) is 18.0 Å². The molecule has 0 N–H and O–H groups in total. The monoisotopic (exact) mass is 289 g/mol. The van der Waals surface area contributed by atoms with E-state index in [4.69, 9.17) is 11.6 Å². The van der Waals surface area contributed by atoms with Gasteiger partial charge in [0.1, 0.15) is 6.33 Å². The van der Waals surface area contributed by atoms with Crippen molar-refractivity contribution >= 4 is 17.2 Å². The molecule has 2 atom stereocenters. The van der Waals surface area contributed by atoms with Crippen LogP contribution in [0, 0.1) is 5.95 Å². The molecular formula is C13H9ClFN5. The molecule has 1 fully saturated rings. The lowest BCUT2D eigenvalue weighted by Crippen LogP contribution is -1.99. The number of fused-ring (bicyclic) bond motifs is 1. The van der Waals surface area contributed by atoms with Crippen molar-refractivity contribution in [2.24, 2.45) is 0 Å². The quantitative estimate of drug-likeness (QED) is 0.727. The van der Waals surface area contributed by atoms with Crippen LogP contribution in [0.4, 0.5) is 4.39 Å². The van der Waals surface area contributed by atoms with Gasteiger partial charge in [-0.25, -0.2) is 15.0 Å². The average molecular weight is 290 g/mol. The second kappa shape index (κ2) is 4.21.